The predicted octanol–water partition coefficient (Wildman–Crippen LogP) is 1.93. The summed E-state index contributed by atoms with van der Waals surface area (Å²) in [6.45, 7) is 5.87. The molecule has 0 saturated carbocycles. The van der Waals surface area contributed by atoms with E-state index in [1.54, 1.807) is 0 Å². The molecular formula is C9H21NO. The molecule has 0 aliphatic carbocycles. The van der Waals surface area contributed by atoms with Crippen molar-refractivity contribution >= 4 is 0 Å². The molecule has 0 aromatic heterocycles. The van der Waals surface area contributed by atoms with Gasteiger partial charge in [-0.25, -0.2) is 0 Å². The molecule has 0 spiro atoms. The van der Waals surface area contributed by atoms with E-state index in [1.165, 1.54) is 19.3 Å². The first kappa shape index (κ1) is 10.9. The molecule has 0 radical (unpaired) electrons. The van der Waals surface area contributed by atoms with Crippen molar-refractivity contribution in [3.05, 3.63) is 0 Å². The second-order valence-electron chi connectivity index (χ2n) is 3.12. The van der Waals surface area contributed by atoms with Gasteiger partial charge in [0.2, 0.25) is 0 Å². The summed E-state index contributed by atoms with van der Waals surface area (Å²) in [5.41, 5.74) is 5.36. The van der Waals surface area contributed by atoms with E-state index < -0.39 is 0 Å². The normalized spacial score (nSPS) is 10.9. The lowest BCUT2D eigenvalue weighted by molar-refractivity contribution is 0.0757. The van der Waals surface area contributed by atoms with Gasteiger partial charge in [-0.2, -0.15) is 0 Å². The van der Waals surface area contributed by atoms with Gasteiger partial charge in [0.25, 0.3) is 0 Å². The molecule has 2 nitrogen and oxygen atoms in total. The minimum atomic E-state index is 0.379. The Kier molecular flexibility index (Phi) is 7.96. The first-order chi connectivity index (χ1) is 5.27. The maximum atomic E-state index is 5.39. The van der Waals surface area contributed by atoms with E-state index >= 15 is 0 Å². The van der Waals surface area contributed by atoms with Crippen molar-refractivity contribution in [1.29, 1.82) is 0 Å². The summed E-state index contributed by atoms with van der Waals surface area (Å²) < 4.78 is 5.39. The van der Waals surface area contributed by atoms with Crippen LogP contribution < -0.4 is 5.73 Å². The Balaban J connectivity index is 2.80. The van der Waals surface area contributed by atoms with Crippen molar-refractivity contribution in [2.24, 2.45) is 5.73 Å². The van der Waals surface area contributed by atoms with E-state index in [4.69, 9.17) is 10.5 Å². The fraction of sp³-hybridized carbons (Fsp3) is 1.00. The van der Waals surface area contributed by atoms with Crippen molar-refractivity contribution in [2.75, 3.05) is 13.2 Å². The fourth-order valence-corrected chi connectivity index (χ4v) is 0.919. The molecule has 2 heteroatoms. The monoisotopic (exact) mass is 159 g/mol. The summed E-state index contributed by atoms with van der Waals surface area (Å²) in [5.74, 6) is 0. The SMILES string of the molecule is CC(C)OCCCCCCN. The number of hydrogen-bond acceptors (Lipinski definition) is 2. The second-order valence-corrected chi connectivity index (χ2v) is 3.12. The highest BCUT2D eigenvalue weighted by atomic mass is 16.5. The molecule has 0 aromatic carbocycles. The third kappa shape index (κ3) is 9.92. The van der Waals surface area contributed by atoms with E-state index in [0.717, 1.165) is 19.6 Å². The lowest BCUT2D eigenvalue weighted by Crippen LogP contribution is -2.04. The fourth-order valence-electron chi connectivity index (χ4n) is 0.919. The van der Waals surface area contributed by atoms with Crippen LogP contribution in [0, 0.1) is 0 Å². The van der Waals surface area contributed by atoms with Crippen molar-refractivity contribution < 1.29 is 4.74 Å². The third-order valence-electron chi connectivity index (χ3n) is 1.55. The Labute approximate surface area is 70.1 Å². The van der Waals surface area contributed by atoms with Gasteiger partial charge in [-0.1, -0.05) is 12.8 Å². The molecule has 0 bridgehead atoms. The number of unbranched alkanes of at least 4 members (excludes halogenated alkanes) is 3. The smallest absolute Gasteiger partial charge is 0.0518 e. The van der Waals surface area contributed by atoms with Crippen LogP contribution in [0.3, 0.4) is 0 Å². The number of nitrogens with two attached hydrogens (primary N) is 1. The van der Waals surface area contributed by atoms with E-state index in [1.807, 2.05) is 0 Å². The molecule has 0 aliphatic rings. The molecule has 0 aliphatic heterocycles. The summed E-state index contributed by atoms with van der Waals surface area (Å²) in [5, 5.41) is 0. The van der Waals surface area contributed by atoms with E-state index in [2.05, 4.69) is 13.8 Å². The highest BCUT2D eigenvalue weighted by molar-refractivity contribution is 4.44. The minimum absolute atomic E-state index is 0.379. The van der Waals surface area contributed by atoms with Gasteiger partial charge in [0.15, 0.2) is 0 Å². The zero-order valence-corrected chi connectivity index (χ0v) is 7.81. The highest BCUT2D eigenvalue weighted by Gasteiger charge is 1.92. The Morgan fingerprint density at radius 2 is 1.73 bits per heavy atom. The quantitative estimate of drug-likeness (QED) is 0.576. The zero-order valence-electron chi connectivity index (χ0n) is 7.81. The predicted molar refractivity (Wildman–Crippen MR) is 48.6 cm³/mol. The van der Waals surface area contributed by atoms with Gasteiger partial charge in [-0.05, 0) is 33.2 Å². The lowest BCUT2D eigenvalue weighted by atomic mass is 10.2. The molecule has 0 heterocycles. The molecule has 0 unspecified atom stereocenters. The molecule has 0 saturated heterocycles. The van der Waals surface area contributed by atoms with Gasteiger partial charge in [-0.15, -0.1) is 0 Å². The van der Waals surface area contributed by atoms with Crippen LogP contribution in [0.1, 0.15) is 39.5 Å². The molecule has 0 amide bonds. The van der Waals surface area contributed by atoms with Crippen molar-refractivity contribution in [1.82, 2.24) is 0 Å². The van der Waals surface area contributed by atoms with Crippen LogP contribution >= 0.6 is 0 Å². The van der Waals surface area contributed by atoms with Crippen LogP contribution in [-0.4, -0.2) is 19.3 Å². The Bertz CT molecular complexity index is 74.0. The topological polar surface area (TPSA) is 35.2 Å². The molecule has 0 atom stereocenters. The second kappa shape index (κ2) is 8.02. The summed E-state index contributed by atoms with van der Waals surface area (Å²) in [7, 11) is 0. The standard InChI is InChI=1S/C9H21NO/c1-9(2)11-8-6-4-3-5-7-10/h9H,3-8,10H2,1-2H3. The number of hydrogen-bond donors (Lipinski definition) is 1. The Hall–Kier alpha value is -0.0800. The molecule has 0 rings (SSSR count). The maximum Gasteiger partial charge on any atom is 0.0518 e. The number of ether oxygens (including phenoxy) is 1. The van der Waals surface area contributed by atoms with Gasteiger partial charge in [0.05, 0.1) is 6.10 Å². The Morgan fingerprint density at radius 3 is 2.27 bits per heavy atom. The Morgan fingerprint density at radius 1 is 1.09 bits per heavy atom. The van der Waals surface area contributed by atoms with Gasteiger partial charge >= 0.3 is 0 Å². The molecule has 0 aromatic rings. The molecule has 2 N–H and O–H groups in total. The van der Waals surface area contributed by atoms with Gasteiger partial charge < -0.3 is 10.5 Å². The minimum Gasteiger partial charge on any atom is -0.379 e. The average molecular weight is 159 g/mol. The van der Waals surface area contributed by atoms with Gasteiger partial charge in [-0.3, -0.25) is 0 Å². The zero-order chi connectivity index (χ0) is 8.53. The first-order valence-corrected chi connectivity index (χ1v) is 4.59. The summed E-state index contributed by atoms with van der Waals surface area (Å²) in [6, 6.07) is 0. The molecule has 11 heavy (non-hydrogen) atoms. The first-order valence-electron chi connectivity index (χ1n) is 4.59. The maximum absolute atomic E-state index is 5.39. The van der Waals surface area contributed by atoms with E-state index in [9.17, 15) is 0 Å². The van der Waals surface area contributed by atoms with Crippen LogP contribution in [-0.2, 0) is 4.74 Å². The van der Waals surface area contributed by atoms with E-state index in [-0.39, 0.29) is 0 Å². The molecule has 68 valence electrons. The third-order valence-corrected chi connectivity index (χ3v) is 1.55. The van der Waals surface area contributed by atoms with Gasteiger partial charge in [0, 0.05) is 6.61 Å². The van der Waals surface area contributed by atoms with Crippen molar-refractivity contribution in [2.45, 2.75) is 45.6 Å². The van der Waals surface area contributed by atoms with Crippen LogP contribution in [0.2, 0.25) is 0 Å². The van der Waals surface area contributed by atoms with Crippen molar-refractivity contribution in [3.63, 3.8) is 0 Å². The largest absolute Gasteiger partial charge is 0.379 e. The number of rotatable bonds is 7. The van der Waals surface area contributed by atoms with Crippen LogP contribution in [0.15, 0.2) is 0 Å². The molecular weight excluding hydrogens is 138 g/mol. The van der Waals surface area contributed by atoms with Crippen LogP contribution in [0.25, 0.3) is 0 Å². The van der Waals surface area contributed by atoms with Crippen LogP contribution in [0.5, 0.6) is 0 Å². The summed E-state index contributed by atoms with van der Waals surface area (Å²) in [4.78, 5) is 0. The van der Waals surface area contributed by atoms with E-state index in [0.29, 0.717) is 6.10 Å². The summed E-state index contributed by atoms with van der Waals surface area (Å²) >= 11 is 0. The average Bonchev–Trinajstić information content (AvgIpc) is 1.96. The molecule has 0 fully saturated rings. The van der Waals surface area contributed by atoms with Crippen molar-refractivity contribution in [3.8, 4) is 0 Å². The van der Waals surface area contributed by atoms with Gasteiger partial charge in [0.1, 0.15) is 0 Å². The highest BCUT2D eigenvalue weighted by Crippen LogP contribution is 1.99. The van der Waals surface area contributed by atoms with Crippen LogP contribution in [0.4, 0.5) is 0 Å². The summed E-state index contributed by atoms with van der Waals surface area (Å²) in [6.07, 6.45) is 5.21. The lowest BCUT2D eigenvalue weighted by Gasteiger charge is -2.06.